The van der Waals surface area contributed by atoms with Gasteiger partial charge in [-0.05, 0) is 30.7 Å². The Kier molecular flexibility index (Phi) is 4.01. The number of hydrogen-bond acceptors (Lipinski definition) is 5. The maximum absolute atomic E-state index is 6.02. The molecule has 0 spiro atoms. The SMILES string of the molecule is CCCOc1ccc(-c2nc(N)c3c(n2)CCOC3)cc1. The number of fused-ring (bicyclic) bond motifs is 1. The number of rotatable bonds is 4. The lowest BCUT2D eigenvalue weighted by Gasteiger charge is -2.17. The van der Waals surface area contributed by atoms with Crippen LogP contribution >= 0.6 is 0 Å². The van der Waals surface area contributed by atoms with E-state index < -0.39 is 0 Å². The third-order valence-corrected chi connectivity index (χ3v) is 3.44. The van der Waals surface area contributed by atoms with Crippen LogP contribution < -0.4 is 10.5 Å². The Balaban J connectivity index is 1.88. The molecular formula is C16H19N3O2. The molecule has 1 aromatic carbocycles. The van der Waals surface area contributed by atoms with Crippen molar-refractivity contribution in [2.75, 3.05) is 18.9 Å². The fourth-order valence-electron chi connectivity index (χ4n) is 2.31. The summed E-state index contributed by atoms with van der Waals surface area (Å²) in [4.78, 5) is 9.02. The Morgan fingerprint density at radius 3 is 2.81 bits per heavy atom. The summed E-state index contributed by atoms with van der Waals surface area (Å²) in [6.07, 6.45) is 1.78. The normalized spacial score (nSPS) is 13.8. The second kappa shape index (κ2) is 6.10. The predicted octanol–water partition coefficient (Wildman–Crippen LogP) is 2.59. The molecule has 5 nitrogen and oxygen atoms in total. The van der Waals surface area contributed by atoms with Crippen molar-refractivity contribution in [2.24, 2.45) is 0 Å². The van der Waals surface area contributed by atoms with Gasteiger partial charge in [-0.25, -0.2) is 9.97 Å². The number of anilines is 1. The van der Waals surface area contributed by atoms with Gasteiger partial charge in [-0.2, -0.15) is 0 Å². The van der Waals surface area contributed by atoms with Crippen LogP contribution in [0.15, 0.2) is 24.3 Å². The number of nitrogens with zero attached hydrogens (tertiary/aromatic N) is 2. The first kappa shape index (κ1) is 13.8. The fourth-order valence-corrected chi connectivity index (χ4v) is 2.31. The first-order chi connectivity index (χ1) is 10.3. The van der Waals surface area contributed by atoms with E-state index in [2.05, 4.69) is 16.9 Å². The fraction of sp³-hybridized carbons (Fsp3) is 0.375. The smallest absolute Gasteiger partial charge is 0.161 e. The van der Waals surface area contributed by atoms with Gasteiger partial charge in [-0.1, -0.05) is 6.92 Å². The molecule has 0 bridgehead atoms. The Labute approximate surface area is 124 Å². The van der Waals surface area contributed by atoms with Crippen molar-refractivity contribution < 1.29 is 9.47 Å². The highest BCUT2D eigenvalue weighted by atomic mass is 16.5. The van der Waals surface area contributed by atoms with Gasteiger partial charge in [0, 0.05) is 17.5 Å². The Morgan fingerprint density at radius 2 is 2.05 bits per heavy atom. The van der Waals surface area contributed by atoms with Gasteiger partial charge in [-0.15, -0.1) is 0 Å². The van der Waals surface area contributed by atoms with Gasteiger partial charge in [0.05, 0.1) is 25.5 Å². The molecule has 1 aromatic heterocycles. The molecule has 0 unspecified atom stereocenters. The minimum atomic E-state index is 0.505. The molecule has 21 heavy (non-hydrogen) atoms. The van der Waals surface area contributed by atoms with Crippen molar-refractivity contribution in [1.29, 1.82) is 0 Å². The third-order valence-electron chi connectivity index (χ3n) is 3.44. The molecule has 0 fully saturated rings. The summed E-state index contributed by atoms with van der Waals surface area (Å²) in [6, 6.07) is 7.80. The molecule has 0 aliphatic carbocycles. The molecule has 0 amide bonds. The van der Waals surface area contributed by atoms with Crippen LogP contribution in [0.5, 0.6) is 5.75 Å². The molecule has 5 heteroatoms. The molecule has 1 aliphatic heterocycles. The number of nitrogens with two attached hydrogens (primary N) is 1. The van der Waals surface area contributed by atoms with E-state index in [1.165, 1.54) is 0 Å². The maximum atomic E-state index is 6.02. The lowest BCUT2D eigenvalue weighted by atomic mass is 10.1. The topological polar surface area (TPSA) is 70.3 Å². The lowest BCUT2D eigenvalue weighted by Crippen LogP contribution is -2.16. The molecule has 3 rings (SSSR count). The summed E-state index contributed by atoms with van der Waals surface area (Å²) in [5.74, 6) is 2.04. The second-order valence-electron chi connectivity index (χ2n) is 5.03. The maximum Gasteiger partial charge on any atom is 0.161 e. The summed E-state index contributed by atoms with van der Waals surface area (Å²) in [5, 5.41) is 0. The highest BCUT2D eigenvalue weighted by Crippen LogP contribution is 2.25. The van der Waals surface area contributed by atoms with Crippen LogP contribution in [0, 0.1) is 0 Å². The second-order valence-corrected chi connectivity index (χ2v) is 5.03. The summed E-state index contributed by atoms with van der Waals surface area (Å²) < 4.78 is 11.0. The minimum Gasteiger partial charge on any atom is -0.494 e. The van der Waals surface area contributed by atoms with Crippen LogP contribution in [0.2, 0.25) is 0 Å². The Hall–Kier alpha value is -2.14. The van der Waals surface area contributed by atoms with E-state index in [0.29, 0.717) is 24.9 Å². The van der Waals surface area contributed by atoms with Crippen LogP contribution in [0.3, 0.4) is 0 Å². The summed E-state index contributed by atoms with van der Waals surface area (Å²) in [7, 11) is 0. The number of aromatic nitrogens is 2. The average molecular weight is 285 g/mol. The minimum absolute atomic E-state index is 0.505. The number of ether oxygens (including phenoxy) is 2. The first-order valence-corrected chi connectivity index (χ1v) is 7.24. The quantitative estimate of drug-likeness (QED) is 0.935. The number of nitrogen functional groups attached to an aromatic ring is 1. The summed E-state index contributed by atoms with van der Waals surface area (Å²) >= 11 is 0. The molecule has 0 atom stereocenters. The van der Waals surface area contributed by atoms with E-state index in [9.17, 15) is 0 Å². The van der Waals surface area contributed by atoms with Crippen molar-refractivity contribution in [3.63, 3.8) is 0 Å². The van der Waals surface area contributed by atoms with Gasteiger partial charge >= 0.3 is 0 Å². The zero-order valence-electron chi connectivity index (χ0n) is 12.1. The van der Waals surface area contributed by atoms with Crippen molar-refractivity contribution in [3.8, 4) is 17.1 Å². The number of hydrogen-bond donors (Lipinski definition) is 1. The Morgan fingerprint density at radius 1 is 1.24 bits per heavy atom. The van der Waals surface area contributed by atoms with Gasteiger partial charge in [0.1, 0.15) is 11.6 Å². The zero-order valence-corrected chi connectivity index (χ0v) is 12.1. The lowest BCUT2D eigenvalue weighted by molar-refractivity contribution is 0.109. The van der Waals surface area contributed by atoms with Gasteiger partial charge in [0.25, 0.3) is 0 Å². The molecule has 0 saturated carbocycles. The van der Waals surface area contributed by atoms with Gasteiger partial charge in [0.2, 0.25) is 0 Å². The molecule has 0 saturated heterocycles. The van der Waals surface area contributed by atoms with Crippen LogP contribution in [-0.2, 0) is 17.8 Å². The van der Waals surface area contributed by atoms with E-state index in [1.54, 1.807) is 0 Å². The van der Waals surface area contributed by atoms with E-state index >= 15 is 0 Å². The molecule has 2 N–H and O–H groups in total. The van der Waals surface area contributed by atoms with Gasteiger partial charge in [0.15, 0.2) is 5.82 Å². The van der Waals surface area contributed by atoms with Crippen LogP contribution in [0.25, 0.3) is 11.4 Å². The van der Waals surface area contributed by atoms with Crippen molar-refractivity contribution >= 4 is 5.82 Å². The van der Waals surface area contributed by atoms with Gasteiger partial charge in [-0.3, -0.25) is 0 Å². The highest BCUT2D eigenvalue weighted by Gasteiger charge is 2.17. The van der Waals surface area contributed by atoms with E-state index in [-0.39, 0.29) is 0 Å². The van der Waals surface area contributed by atoms with Crippen LogP contribution in [-0.4, -0.2) is 23.2 Å². The first-order valence-electron chi connectivity index (χ1n) is 7.24. The summed E-state index contributed by atoms with van der Waals surface area (Å²) in [6.45, 7) is 4.00. The molecule has 110 valence electrons. The van der Waals surface area contributed by atoms with E-state index in [1.807, 2.05) is 24.3 Å². The molecule has 1 aliphatic rings. The third kappa shape index (κ3) is 2.97. The van der Waals surface area contributed by atoms with Crippen LogP contribution in [0.1, 0.15) is 24.6 Å². The monoisotopic (exact) mass is 285 g/mol. The molecule has 2 aromatic rings. The molecule has 0 radical (unpaired) electrons. The molecule has 2 heterocycles. The van der Waals surface area contributed by atoms with Crippen LogP contribution in [0.4, 0.5) is 5.82 Å². The average Bonchev–Trinajstić information content (AvgIpc) is 2.53. The van der Waals surface area contributed by atoms with Crippen molar-refractivity contribution in [1.82, 2.24) is 9.97 Å². The highest BCUT2D eigenvalue weighted by molar-refractivity contribution is 5.60. The number of benzene rings is 1. The van der Waals surface area contributed by atoms with Gasteiger partial charge < -0.3 is 15.2 Å². The predicted molar refractivity (Wildman–Crippen MR) is 81.0 cm³/mol. The van der Waals surface area contributed by atoms with E-state index in [4.69, 9.17) is 15.2 Å². The van der Waals surface area contributed by atoms with Crippen molar-refractivity contribution in [3.05, 3.63) is 35.5 Å². The standard InChI is InChI=1S/C16H19N3O2/c1-2-8-21-12-5-3-11(4-6-12)16-18-14-7-9-20-10-13(14)15(17)19-16/h3-6H,2,7-10H2,1H3,(H2,17,18,19). The zero-order chi connectivity index (χ0) is 14.7. The van der Waals surface area contributed by atoms with E-state index in [0.717, 1.165) is 42.0 Å². The summed E-state index contributed by atoms with van der Waals surface area (Å²) in [5.41, 5.74) is 8.88. The van der Waals surface area contributed by atoms with Crippen molar-refractivity contribution in [2.45, 2.75) is 26.4 Å². The Bertz CT molecular complexity index is 626. The molecular weight excluding hydrogens is 266 g/mol. The largest absolute Gasteiger partial charge is 0.494 e.